The summed E-state index contributed by atoms with van der Waals surface area (Å²) in [7, 11) is 2.07. The number of aromatic nitrogens is 3. The molecule has 0 fully saturated rings. The normalized spacial score (nSPS) is 22.7. The van der Waals surface area contributed by atoms with Gasteiger partial charge in [-0.1, -0.05) is 11.6 Å². The van der Waals surface area contributed by atoms with E-state index in [4.69, 9.17) is 0 Å². The third kappa shape index (κ3) is 2.61. The van der Waals surface area contributed by atoms with Gasteiger partial charge in [0.15, 0.2) is 0 Å². The van der Waals surface area contributed by atoms with Gasteiger partial charge in [-0.3, -0.25) is 0 Å². The van der Waals surface area contributed by atoms with Gasteiger partial charge in [0, 0.05) is 13.2 Å². The van der Waals surface area contributed by atoms with Crippen molar-refractivity contribution in [3.8, 4) is 0 Å². The van der Waals surface area contributed by atoms with Crippen LogP contribution in [0.1, 0.15) is 33.6 Å². The van der Waals surface area contributed by atoms with Gasteiger partial charge in [0.05, 0.1) is 17.0 Å². The molecule has 2 aromatic heterocycles. The Bertz CT molecular complexity index is 698. The molecule has 118 valence electrons. The van der Waals surface area contributed by atoms with E-state index in [0.717, 1.165) is 29.7 Å². The summed E-state index contributed by atoms with van der Waals surface area (Å²) in [5, 5.41) is 11.4. The van der Waals surface area contributed by atoms with Crippen molar-refractivity contribution in [2.75, 3.05) is 11.9 Å². The lowest BCUT2D eigenvalue weighted by Crippen LogP contribution is -2.42. The second-order valence-electron chi connectivity index (χ2n) is 6.83. The van der Waals surface area contributed by atoms with Crippen LogP contribution in [0.5, 0.6) is 0 Å². The standard InChI is InChI=1S/C17H24N4O/c1-11-5-6-12(17(2,3)22)9-14(11)21(4)16-13-7-8-18-15(13)19-10-20-16/h5,7-8,10,12,14,22H,6,9H2,1-4H3,(H,18,19,20). The first-order valence-corrected chi connectivity index (χ1v) is 7.78. The maximum Gasteiger partial charge on any atom is 0.142 e. The number of nitrogens with one attached hydrogen (secondary N) is 1. The van der Waals surface area contributed by atoms with Crippen LogP contribution in [0.4, 0.5) is 5.82 Å². The Hall–Kier alpha value is -1.88. The van der Waals surface area contributed by atoms with Crippen molar-refractivity contribution >= 4 is 16.9 Å². The molecule has 0 saturated carbocycles. The highest BCUT2D eigenvalue weighted by Crippen LogP contribution is 2.36. The van der Waals surface area contributed by atoms with E-state index < -0.39 is 5.60 Å². The Balaban J connectivity index is 1.94. The first kappa shape index (κ1) is 15.0. The Morgan fingerprint density at radius 2 is 2.14 bits per heavy atom. The molecular weight excluding hydrogens is 276 g/mol. The molecule has 0 aromatic carbocycles. The molecule has 2 heterocycles. The van der Waals surface area contributed by atoms with Crippen LogP contribution in [0.15, 0.2) is 30.2 Å². The molecule has 0 amide bonds. The van der Waals surface area contributed by atoms with E-state index in [2.05, 4.69) is 39.9 Å². The van der Waals surface area contributed by atoms with Crippen LogP contribution in [0.3, 0.4) is 0 Å². The van der Waals surface area contributed by atoms with Crippen LogP contribution in [0.25, 0.3) is 11.0 Å². The van der Waals surface area contributed by atoms with E-state index in [1.807, 2.05) is 26.1 Å². The van der Waals surface area contributed by atoms with Crippen molar-refractivity contribution in [3.05, 3.63) is 30.2 Å². The quantitative estimate of drug-likeness (QED) is 0.856. The van der Waals surface area contributed by atoms with Crippen LogP contribution in [0.2, 0.25) is 0 Å². The van der Waals surface area contributed by atoms with Gasteiger partial charge < -0.3 is 15.0 Å². The van der Waals surface area contributed by atoms with Crippen molar-refractivity contribution in [2.24, 2.45) is 5.92 Å². The Kier molecular flexibility index (Phi) is 3.68. The zero-order valence-electron chi connectivity index (χ0n) is 13.7. The summed E-state index contributed by atoms with van der Waals surface area (Å²) in [6, 6.07) is 2.26. The van der Waals surface area contributed by atoms with Gasteiger partial charge in [-0.15, -0.1) is 0 Å². The van der Waals surface area contributed by atoms with Crippen LogP contribution in [0, 0.1) is 5.92 Å². The Morgan fingerprint density at radius 1 is 1.36 bits per heavy atom. The summed E-state index contributed by atoms with van der Waals surface area (Å²) in [5.41, 5.74) is 1.53. The van der Waals surface area contributed by atoms with Crippen LogP contribution < -0.4 is 4.90 Å². The molecule has 0 radical (unpaired) electrons. The Labute approximate surface area is 131 Å². The molecule has 0 aliphatic heterocycles. The third-order valence-electron chi connectivity index (χ3n) is 4.89. The van der Waals surface area contributed by atoms with Gasteiger partial charge >= 0.3 is 0 Å². The van der Waals surface area contributed by atoms with E-state index in [9.17, 15) is 5.11 Å². The van der Waals surface area contributed by atoms with Crippen molar-refractivity contribution < 1.29 is 5.11 Å². The lowest BCUT2D eigenvalue weighted by atomic mass is 9.77. The fourth-order valence-corrected chi connectivity index (χ4v) is 3.34. The maximum absolute atomic E-state index is 10.4. The summed E-state index contributed by atoms with van der Waals surface area (Å²) in [6.07, 6.45) is 7.60. The fraction of sp³-hybridized carbons (Fsp3) is 0.529. The average Bonchev–Trinajstić information content (AvgIpc) is 2.94. The molecule has 5 nitrogen and oxygen atoms in total. The highest BCUT2D eigenvalue weighted by molar-refractivity contribution is 5.87. The number of aromatic amines is 1. The largest absolute Gasteiger partial charge is 0.390 e. The first-order chi connectivity index (χ1) is 10.4. The summed E-state index contributed by atoms with van der Waals surface area (Å²) >= 11 is 0. The molecule has 0 saturated heterocycles. The topological polar surface area (TPSA) is 65.0 Å². The van der Waals surface area contributed by atoms with Crippen LogP contribution in [-0.2, 0) is 0 Å². The highest BCUT2D eigenvalue weighted by Gasteiger charge is 2.34. The van der Waals surface area contributed by atoms with Crippen molar-refractivity contribution in [3.63, 3.8) is 0 Å². The molecule has 1 aliphatic rings. The number of H-pyrrole nitrogens is 1. The van der Waals surface area contributed by atoms with Gasteiger partial charge in [0.1, 0.15) is 17.8 Å². The molecule has 2 aromatic rings. The van der Waals surface area contributed by atoms with Gasteiger partial charge in [0.2, 0.25) is 0 Å². The zero-order chi connectivity index (χ0) is 15.9. The summed E-state index contributed by atoms with van der Waals surface area (Å²) < 4.78 is 0. The highest BCUT2D eigenvalue weighted by atomic mass is 16.3. The second kappa shape index (κ2) is 5.39. The minimum atomic E-state index is -0.661. The molecule has 1 aliphatic carbocycles. The number of anilines is 1. The third-order valence-corrected chi connectivity index (χ3v) is 4.89. The minimum Gasteiger partial charge on any atom is -0.390 e. The number of rotatable bonds is 3. The predicted octanol–water partition coefficient (Wildman–Crippen LogP) is 2.89. The lowest BCUT2D eigenvalue weighted by Gasteiger charge is -2.40. The number of fused-ring (bicyclic) bond motifs is 1. The summed E-state index contributed by atoms with van der Waals surface area (Å²) in [4.78, 5) is 14.1. The summed E-state index contributed by atoms with van der Waals surface area (Å²) in [5.74, 6) is 1.19. The van der Waals surface area contributed by atoms with E-state index in [-0.39, 0.29) is 12.0 Å². The fourth-order valence-electron chi connectivity index (χ4n) is 3.34. The number of allylic oxidation sites excluding steroid dienone is 1. The molecule has 2 atom stereocenters. The van der Waals surface area contributed by atoms with Gasteiger partial charge in [-0.05, 0) is 45.6 Å². The van der Waals surface area contributed by atoms with Crippen molar-refractivity contribution in [2.45, 2.75) is 45.3 Å². The lowest BCUT2D eigenvalue weighted by molar-refractivity contribution is 0.0104. The summed E-state index contributed by atoms with van der Waals surface area (Å²) in [6.45, 7) is 5.97. The minimum absolute atomic E-state index is 0.248. The second-order valence-corrected chi connectivity index (χ2v) is 6.83. The number of aliphatic hydroxyl groups is 1. The SMILES string of the molecule is CC1=CCC(C(C)(C)O)CC1N(C)c1ncnc2[nH]ccc12. The average molecular weight is 300 g/mol. The zero-order valence-corrected chi connectivity index (χ0v) is 13.7. The molecule has 2 N–H and O–H groups in total. The first-order valence-electron chi connectivity index (χ1n) is 7.78. The molecule has 0 spiro atoms. The molecular formula is C17H24N4O. The monoisotopic (exact) mass is 300 g/mol. The predicted molar refractivity (Wildman–Crippen MR) is 88.9 cm³/mol. The van der Waals surface area contributed by atoms with Gasteiger partial charge in [0.25, 0.3) is 0 Å². The number of hydrogen-bond donors (Lipinski definition) is 2. The van der Waals surface area contributed by atoms with Crippen molar-refractivity contribution in [1.29, 1.82) is 0 Å². The Morgan fingerprint density at radius 3 is 2.86 bits per heavy atom. The maximum atomic E-state index is 10.4. The van der Waals surface area contributed by atoms with E-state index >= 15 is 0 Å². The number of nitrogens with zero attached hydrogens (tertiary/aromatic N) is 3. The molecule has 3 rings (SSSR count). The molecule has 0 bridgehead atoms. The molecule has 5 heteroatoms. The van der Waals surface area contributed by atoms with Crippen LogP contribution in [-0.4, -0.2) is 38.7 Å². The van der Waals surface area contributed by atoms with Crippen LogP contribution >= 0.6 is 0 Å². The number of likely N-dealkylation sites (N-methyl/N-ethyl adjacent to an activating group) is 1. The van der Waals surface area contributed by atoms with Gasteiger partial charge in [-0.25, -0.2) is 9.97 Å². The smallest absolute Gasteiger partial charge is 0.142 e. The van der Waals surface area contributed by atoms with Crippen molar-refractivity contribution in [1.82, 2.24) is 15.0 Å². The van der Waals surface area contributed by atoms with Gasteiger partial charge in [-0.2, -0.15) is 0 Å². The van der Waals surface area contributed by atoms with E-state index in [1.165, 1.54) is 5.57 Å². The molecule has 22 heavy (non-hydrogen) atoms. The molecule has 2 unspecified atom stereocenters. The van der Waals surface area contributed by atoms with E-state index in [1.54, 1.807) is 6.33 Å². The number of hydrogen-bond acceptors (Lipinski definition) is 4. The van der Waals surface area contributed by atoms with E-state index in [0.29, 0.717) is 0 Å².